The number of carbonyl (C=O) groups excluding carboxylic acids is 1. The first kappa shape index (κ1) is 12.1. The summed E-state index contributed by atoms with van der Waals surface area (Å²) >= 11 is 0. The zero-order chi connectivity index (χ0) is 12.3. The lowest BCUT2D eigenvalue weighted by molar-refractivity contribution is -0.133. The molecule has 0 radical (unpaired) electrons. The molecule has 1 saturated heterocycles. The van der Waals surface area contributed by atoms with Crippen LogP contribution < -0.4 is 11.1 Å². The number of nitrogens with zero attached hydrogens (tertiary/aromatic N) is 2. The van der Waals surface area contributed by atoms with Gasteiger partial charge >= 0.3 is 0 Å². The van der Waals surface area contributed by atoms with Crippen LogP contribution in [0.3, 0.4) is 0 Å². The van der Waals surface area contributed by atoms with Crippen molar-refractivity contribution in [2.45, 2.75) is 12.5 Å². The Morgan fingerprint density at radius 2 is 2.24 bits per heavy atom. The van der Waals surface area contributed by atoms with E-state index < -0.39 is 6.04 Å². The summed E-state index contributed by atoms with van der Waals surface area (Å²) in [5, 5.41) is 3.22. The molecule has 0 bridgehead atoms. The van der Waals surface area contributed by atoms with Gasteiger partial charge in [0.15, 0.2) is 0 Å². The molecule has 1 unspecified atom stereocenters. The number of nitrogens with two attached hydrogens (primary N) is 1. The van der Waals surface area contributed by atoms with Crippen LogP contribution in [0.1, 0.15) is 5.69 Å². The van der Waals surface area contributed by atoms with Crippen LogP contribution in [-0.2, 0) is 18.3 Å². The van der Waals surface area contributed by atoms with E-state index in [2.05, 4.69) is 5.32 Å². The minimum absolute atomic E-state index is 0.0627. The third-order valence-electron chi connectivity index (χ3n) is 3.23. The van der Waals surface area contributed by atoms with E-state index in [1.807, 2.05) is 34.8 Å². The van der Waals surface area contributed by atoms with Gasteiger partial charge in [-0.3, -0.25) is 4.79 Å². The average molecular weight is 236 g/mol. The topological polar surface area (TPSA) is 63.3 Å². The van der Waals surface area contributed by atoms with E-state index in [1.165, 1.54) is 0 Å². The Balaban J connectivity index is 1.93. The van der Waals surface area contributed by atoms with Crippen molar-refractivity contribution in [2.24, 2.45) is 12.8 Å². The van der Waals surface area contributed by atoms with E-state index in [0.717, 1.165) is 31.9 Å². The molecule has 1 amide bonds. The van der Waals surface area contributed by atoms with E-state index >= 15 is 0 Å². The highest BCUT2D eigenvalue weighted by Crippen LogP contribution is 2.05. The zero-order valence-electron chi connectivity index (χ0n) is 10.2. The smallest absolute Gasteiger partial charge is 0.239 e. The summed E-state index contributed by atoms with van der Waals surface area (Å²) in [6.45, 7) is 3.25. The van der Waals surface area contributed by atoms with Gasteiger partial charge in [0.05, 0.1) is 6.04 Å². The maximum Gasteiger partial charge on any atom is 0.239 e. The number of hydrogen-bond donors (Lipinski definition) is 2. The second-order valence-corrected chi connectivity index (χ2v) is 4.50. The minimum atomic E-state index is -0.429. The number of amides is 1. The fourth-order valence-electron chi connectivity index (χ4n) is 2.14. The van der Waals surface area contributed by atoms with Crippen LogP contribution in [-0.4, -0.2) is 47.6 Å². The summed E-state index contributed by atoms with van der Waals surface area (Å²) in [6.07, 6.45) is 2.57. The Morgan fingerprint density at radius 1 is 1.53 bits per heavy atom. The molecule has 1 aliphatic rings. The zero-order valence-corrected chi connectivity index (χ0v) is 10.2. The largest absolute Gasteiger partial charge is 0.354 e. The van der Waals surface area contributed by atoms with Gasteiger partial charge in [0, 0.05) is 51.5 Å². The Hall–Kier alpha value is -1.33. The number of aryl methyl sites for hydroxylation is 1. The van der Waals surface area contributed by atoms with Crippen LogP contribution in [0, 0.1) is 0 Å². The van der Waals surface area contributed by atoms with E-state index in [9.17, 15) is 4.79 Å². The number of piperazine rings is 1. The molecule has 17 heavy (non-hydrogen) atoms. The number of aromatic nitrogens is 1. The number of nitrogens with one attached hydrogen (secondary N) is 1. The fraction of sp³-hybridized carbons (Fsp3) is 0.583. The predicted octanol–water partition coefficient (Wildman–Crippen LogP) is -0.673. The second kappa shape index (κ2) is 5.33. The number of carbonyl (C=O) groups is 1. The van der Waals surface area contributed by atoms with Gasteiger partial charge in [-0.2, -0.15) is 0 Å². The third kappa shape index (κ3) is 2.87. The first-order valence-electron chi connectivity index (χ1n) is 6.04. The number of hydrogen-bond acceptors (Lipinski definition) is 3. The van der Waals surface area contributed by atoms with Crippen molar-refractivity contribution in [3.8, 4) is 0 Å². The molecule has 94 valence electrons. The average Bonchev–Trinajstić information content (AvgIpc) is 2.75. The van der Waals surface area contributed by atoms with Gasteiger partial charge in [-0.25, -0.2) is 0 Å². The van der Waals surface area contributed by atoms with Crippen LogP contribution >= 0.6 is 0 Å². The van der Waals surface area contributed by atoms with E-state index in [0.29, 0.717) is 6.42 Å². The van der Waals surface area contributed by atoms with E-state index in [1.54, 1.807) is 0 Å². The van der Waals surface area contributed by atoms with Crippen LogP contribution in [0.5, 0.6) is 0 Å². The molecule has 0 aromatic carbocycles. The fourth-order valence-corrected chi connectivity index (χ4v) is 2.14. The lowest BCUT2D eigenvalue weighted by Gasteiger charge is -2.29. The van der Waals surface area contributed by atoms with Crippen molar-refractivity contribution in [3.05, 3.63) is 24.0 Å². The molecule has 5 nitrogen and oxygen atoms in total. The van der Waals surface area contributed by atoms with Gasteiger partial charge in [-0.05, 0) is 12.1 Å². The molecule has 0 saturated carbocycles. The molecule has 2 rings (SSSR count). The van der Waals surface area contributed by atoms with Crippen molar-refractivity contribution in [2.75, 3.05) is 26.2 Å². The van der Waals surface area contributed by atoms with Crippen molar-refractivity contribution in [3.63, 3.8) is 0 Å². The molecule has 5 heteroatoms. The highest BCUT2D eigenvalue weighted by Gasteiger charge is 2.22. The third-order valence-corrected chi connectivity index (χ3v) is 3.23. The molecule has 0 aliphatic carbocycles. The summed E-state index contributed by atoms with van der Waals surface area (Å²) in [5.41, 5.74) is 7.08. The molecule has 1 aliphatic heterocycles. The van der Waals surface area contributed by atoms with Crippen molar-refractivity contribution < 1.29 is 4.79 Å². The maximum absolute atomic E-state index is 12.1. The van der Waals surface area contributed by atoms with Crippen molar-refractivity contribution in [1.29, 1.82) is 0 Å². The lowest BCUT2D eigenvalue weighted by Crippen LogP contribution is -2.52. The summed E-state index contributed by atoms with van der Waals surface area (Å²) in [4.78, 5) is 14.0. The highest BCUT2D eigenvalue weighted by atomic mass is 16.2. The summed E-state index contributed by atoms with van der Waals surface area (Å²) in [5.74, 6) is 0.0627. The maximum atomic E-state index is 12.1. The second-order valence-electron chi connectivity index (χ2n) is 4.50. The van der Waals surface area contributed by atoms with Crippen LogP contribution in [0.15, 0.2) is 18.3 Å². The summed E-state index contributed by atoms with van der Waals surface area (Å²) in [6, 6.07) is 3.55. The molecule has 1 fully saturated rings. The molecular formula is C12H20N4O. The molecule has 1 aromatic heterocycles. The quantitative estimate of drug-likeness (QED) is 0.731. The minimum Gasteiger partial charge on any atom is -0.354 e. The van der Waals surface area contributed by atoms with E-state index in [4.69, 9.17) is 5.73 Å². The molecule has 2 heterocycles. The normalized spacial score (nSPS) is 18.1. The Bertz CT molecular complexity index is 382. The number of rotatable bonds is 3. The Labute approximate surface area is 102 Å². The molecule has 0 spiro atoms. The van der Waals surface area contributed by atoms with Gasteiger partial charge < -0.3 is 20.5 Å². The van der Waals surface area contributed by atoms with Gasteiger partial charge in [0.2, 0.25) is 5.91 Å². The summed E-state index contributed by atoms with van der Waals surface area (Å²) < 4.78 is 2.00. The van der Waals surface area contributed by atoms with Crippen molar-refractivity contribution in [1.82, 2.24) is 14.8 Å². The first-order valence-corrected chi connectivity index (χ1v) is 6.04. The first-order chi connectivity index (χ1) is 8.18. The SMILES string of the molecule is Cn1cccc1CC(N)C(=O)N1CCNCC1. The lowest BCUT2D eigenvalue weighted by atomic mass is 10.1. The Kier molecular flexibility index (Phi) is 3.81. The molecule has 3 N–H and O–H groups in total. The molecule has 1 aromatic rings. The Morgan fingerprint density at radius 3 is 2.82 bits per heavy atom. The summed E-state index contributed by atoms with van der Waals surface area (Å²) in [7, 11) is 1.97. The molecule has 1 atom stereocenters. The predicted molar refractivity (Wildman–Crippen MR) is 66.5 cm³/mol. The van der Waals surface area contributed by atoms with Gasteiger partial charge in [-0.1, -0.05) is 0 Å². The van der Waals surface area contributed by atoms with Crippen LogP contribution in [0.2, 0.25) is 0 Å². The van der Waals surface area contributed by atoms with Gasteiger partial charge in [0.25, 0.3) is 0 Å². The van der Waals surface area contributed by atoms with Crippen LogP contribution in [0.25, 0.3) is 0 Å². The monoisotopic (exact) mass is 236 g/mol. The van der Waals surface area contributed by atoms with Gasteiger partial charge in [0.1, 0.15) is 0 Å². The molecular weight excluding hydrogens is 216 g/mol. The van der Waals surface area contributed by atoms with E-state index in [-0.39, 0.29) is 5.91 Å². The van der Waals surface area contributed by atoms with Crippen molar-refractivity contribution >= 4 is 5.91 Å². The van der Waals surface area contributed by atoms with Crippen LogP contribution in [0.4, 0.5) is 0 Å². The highest BCUT2D eigenvalue weighted by molar-refractivity contribution is 5.82. The van der Waals surface area contributed by atoms with Gasteiger partial charge in [-0.15, -0.1) is 0 Å². The standard InChI is InChI=1S/C12H20N4O/c1-15-6-2-3-10(15)9-11(13)12(17)16-7-4-14-5-8-16/h2-3,6,11,14H,4-5,7-9,13H2,1H3.